The van der Waals surface area contributed by atoms with E-state index in [0.29, 0.717) is 17.3 Å². The van der Waals surface area contributed by atoms with Gasteiger partial charge < -0.3 is 9.26 Å². The van der Waals surface area contributed by atoms with Crippen LogP contribution in [-0.2, 0) is 24.8 Å². The lowest BCUT2D eigenvalue weighted by Crippen LogP contribution is -2.04. The minimum Gasteiger partial charge on any atom is -0.452 e. The Balaban J connectivity index is 1.88. The van der Waals surface area contributed by atoms with E-state index >= 15 is 0 Å². The van der Waals surface area contributed by atoms with Crippen LogP contribution in [0.15, 0.2) is 16.9 Å². The van der Waals surface area contributed by atoms with Crippen LogP contribution in [0.25, 0.3) is 0 Å². The molecule has 0 amide bonds. The molecule has 0 fully saturated rings. The summed E-state index contributed by atoms with van der Waals surface area (Å²) < 4.78 is 11.5. The van der Waals surface area contributed by atoms with Crippen molar-refractivity contribution in [3.05, 3.63) is 29.7 Å². The second kappa shape index (κ2) is 5.44. The normalized spacial score (nSPS) is 10.6. The van der Waals surface area contributed by atoms with Gasteiger partial charge in [0.25, 0.3) is 5.89 Å². The Kier molecular flexibility index (Phi) is 3.71. The van der Waals surface area contributed by atoms with Crippen molar-refractivity contribution in [2.24, 2.45) is 7.05 Å². The van der Waals surface area contributed by atoms with E-state index in [-0.39, 0.29) is 6.61 Å². The first-order chi connectivity index (χ1) is 8.69. The highest BCUT2D eigenvalue weighted by molar-refractivity contribution is 5.88. The van der Waals surface area contributed by atoms with Crippen LogP contribution >= 0.6 is 0 Å². The van der Waals surface area contributed by atoms with E-state index in [4.69, 9.17) is 9.26 Å². The zero-order valence-electron chi connectivity index (χ0n) is 10.3. The van der Waals surface area contributed by atoms with Gasteiger partial charge in [-0.25, -0.2) is 4.79 Å². The summed E-state index contributed by atoms with van der Waals surface area (Å²) in [5.74, 6) is 0.471. The number of ether oxygens (including phenoxy) is 1. The number of aryl methyl sites for hydroxylation is 2. The standard InChI is InChI=1S/C11H14N4O3/c1-3-4-9-13-10(18-14-9)7-17-11(16)8-5-12-15(2)6-8/h5-6H,3-4,7H2,1-2H3. The minimum atomic E-state index is -0.460. The Hall–Kier alpha value is -2.18. The molecule has 0 aliphatic heterocycles. The lowest BCUT2D eigenvalue weighted by atomic mass is 10.3. The minimum absolute atomic E-state index is 0.0234. The summed E-state index contributed by atoms with van der Waals surface area (Å²) >= 11 is 0. The maximum Gasteiger partial charge on any atom is 0.341 e. The number of hydrogen-bond acceptors (Lipinski definition) is 6. The molecule has 0 aliphatic carbocycles. The van der Waals surface area contributed by atoms with Gasteiger partial charge in [-0.05, 0) is 6.42 Å². The molecule has 0 aliphatic rings. The Morgan fingerprint density at radius 2 is 2.39 bits per heavy atom. The zero-order valence-corrected chi connectivity index (χ0v) is 10.3. The van der Waals surface area contributed by atoms with Gasteiger partial charge in [0.2, 0.25) is 0 Å². The van der Waals surface area contributed by atoms with Gasteiger partial charge in [0.15, 0.2) is 12.4 Å². The third kappa shape index (κ3) is 2.93. The SMILES string of the molecule is CCCc1noc(COC(=O)c2cnn(C)c2)n1. The van der Waals surface area contributed by atoms with Crippen molar-refractivity contribution < 1.29 is 14.1 Å². The molecular weight excluding hydrogens is 236 g/mol. The molecule has 2 rings (SSSR count). The maximum absolute atomic E-state index is 11.6. The third-order valence-electron chi connectivity index (χ3n) is 2.25. The van der Waals surface area contributed by atoms with E-state index in [0.717, 1.165) is 12.8 Å². The van der Waals surface area contributed by atoms with Crippen molar-refractivity contribution >= 4 is 5.97 Å². The molecule has 18 heavy (non-hydrogen) atoms. The van der Waals surface area contributed by atoms with Gasteiger partial charge >= 0.3 is 5.97 Å². The fourth-order valence-electron chi connectivity index (χ4n) is 1.41. The highest BCUT2D eigenvalue weighted by Gasteiger charge is 2.12. The van der Waals surface area contributed by atoms with Crippen LogP contribution in [0.5, 0.6) is 0 Å². The number of hydrogen-bond donors (Lipinski definition) is 0. The van der Waals surface area contributed by atoms with E-state index < -0.39 is 5.97 Å². The van der Waals surface area contributed by atoms with Crippen molar-refractivity contribution in [1.82, 2.24) is 19.9 Å². The summed E-state index contributed by atoms with van der Waals surface area (Å²) in [5, 5.41) is 7.65. The molecule has 0 atom stereocenters. The predicted octanol–water partition coefficient (Wildman–Crippen LogP) is 1.11. The average molecular weight is 250 g/mol. The third-order valence-corrected chi connectivity index (χ3v) is 2.25. The molecule has 2 heterocycles. The molecule has 7 nitrogen and oxygen atoms in total. The van der Waals surface area contributed by atoms with Crippen LogP contribution in [0.1, 0.15) is 35.4 Å². The van der Waals surface area contributed by atoms with Gasteiger partial charge in [-0.1, -0.05) is 12.1 Å². The average Bonchev–Trinajstić information content (AvgIpc) is 2.96. The van der Waals surface area contributed by atoms with Gasteiger partial charge in [-0.2, -0.15) is 10.1 Å². The molecule has 0 N–H and O–H groups in total. The summed E-state index contributed by atoms with van der Waals surface area (Å²) in [6, 6.07) is 0. The number of carbonyl (C=O) groups is 1. The maximum atomic E-state index is 11.6. The van der Waals surface area contributed by atoms with E-state index in [1.165, 1.54) is 10.9 Å². The first-order valence-electron chi connectivity index (χ1n) is 5.66. The van der Waals surface area contributed by atoms with Crippen molar-refractivity contribution in [3.8, 4) is 0 Å². The van der Waals surface area contributed by atoms with Crippen LogP contribution in [0, 0.1) is 0 Å². The van der Waals surface area contributed by atoms with E-state index in [1.807, 2.05) is 6.92 Å². The van der Waals surface area contributed by atoms with E-state index in [2.05, 4.69) is 15.2 Å². The monoisotopic (exact) mass is 250 g/mol. The van der Waals surface area contributed by atoms with Crippen LogP contribution in [0.4, 0.5) is 0 Å². The van der Waals surface area contributed by atoms with Gasteiger partial charge in [0.05, 0.1) is 11.8 Å². The highest BCUT2D eigenvalue weighted by Crippen LogP contribution is 2.05. The topological polar surface area (TPSA) is 83.0 Å². The second-order valence-corrected chi connectivity index (χ2v) is 3.83. The predicted molar refractivity (Wildman–Crippen MR) is 60.6 cm³/mol. The molecule has 0 saturated carbocycles. The molecule has 2 aromatic rings. The van der Waals surface area contributed by atoms with Crippen molar-refractivity contribution in [2.75, 3.05) is 0 Å². The van der Waals surface area contributed by atoms with Crippen LogP contribution < -0.4 is 0 Å². The molecule has 0 unspecified atom stereocenters. The first kappa shape index (κ1) is 12.3. The molecule has 0 radical (unpaired) electrons. The fourth-order valence-corrected chi connectivity index (χ4v) is 1.41. The first-order valence-corrected chi connectivity index (χ1v) is 5.66. The highest BCUT2D eigenvalue weighted by atomic mass is 16.6. The molecule has 0 aromatic carbocycles. The fraction of sp³-hybridized carbons (Fsp3) is 0.455. The largest absolute Gasteiger partial charge is 0.452 e. The summed E-state index contributed by atoms with van der Waals surface area (Å²) in [7, 11) is 1.73. The zero-order chi connectivity index (χ0) is 13.0. The summed E-state index contributed by atoms with van der Waals surface area (Å²) in [5.41, 5.74) is 0.394. The smallest absolute Gasteiger partial charge is 0.341 e. The van der Waals surface area contributed by atoms with Crippen molar-refractivity contribution in [1.29, 1.82) is 0 Å². The molecule has 0 saturated heterocycles. The summed E-state index contributed by atoms with van der Waals surface area (Å²) in [4.78, 5) is 15.7. The Bertz CT molecular complexity index is 532. The molecule has 0 bridgehead atoms. The number of carbonyl (C=O) groups excluding carboxylic acids is 1. The van der Waals surface area contributed by atoms with E-state index in [9.17, 15) is 4.79 Å². The van der Waals surface area contributed by atoms with Crippen molar-refractivity contribution in [2.45, 2.75) is 26.4 Å². The molecule has 7 heteroatoms. The number of rotatable bonds is 5. The molecule has 96 valence electrons. The number of aromatic nitrogens is 4. The van der Waals surface area contributed by atoms with Crippen LogP contribution in [-0.4, -0.2) is 25.9 Å². The van der Waals surface area contributed by atoms with E-state index in [1.54, 1.807) is 13.2 Å². The molecule has 2 aromatic heterocycles. The Morgan fingerprint density at radius 3 is 3.06 bits per heavy atom. The van der Waals surface area contributed by atoms with Crippen molar-refractivity contribution in [3.63, 3.8) is 0 Å². The second-order valence-electron chi connectivity index (χ2n) is 3.83. The number of esters is 1. The van der Waals surface area contributed by atoms with Crippen LogP contribution in [0.2, 0.25) is 0 Å². The molecular formula is C11H14N4O3. The Morgan fingerprint density at radius 1 is 1.56 bits per heavy atom. The van der Waals surface area contributed by atoms with Gasteiger partial charge in [-0.3, -0.25) is 4.68 Å². The van der Waals surface area contributed by atoms with Gasteiger partial charge in [0.1, 0.15) is 0 Å². The summed E-state index contributed by atoms with van der Waals surface area (Å²) in [6.45, 7) is 2.00. The lowest BCUT2D eigenvalue weighted by molar-refractivity contribution is 0.0429. The van der Waals surface area contributed by atoms with Crippen LogP contribution in [0.3, 0.4) is 0 Å². The molecule has 0 spiro atoms. The summed E-state index contributed by atoms with van der Waals surface area (Å²) in [6.07, 6.45) is 4.71. The Labute approximate surface area is 104 Å². The van der Waals surface area contributed by atoms with Gasteiger partial charge in [-0.15, -0.1) is 0 Å². The lowest BCUT2D eigenvalue weighted by Gasteiger charge is -1.97. The van der Waals surface area contributed by atoms with Gasteiger partial charge in [0, 0.05) is 19.7 Å². The number of nitrogens with zero attached hydrogens (tertiary/aromatic N) is 4. The quantitative estimate of drug-likeness (QED) is 0.739.